The summed E-state index contributed by atoms with van der Waals surface area (Å²) in [5, 5.41) is 19.0. The van der Waals surface area contributed by atoms with E-state index in [1.807, 2.05) is 37.3 Å². The SMILES string of the molecule is C[C@H]1CCC(c2ccccc2)S(=O)(=O)N1Cc1ccc([C@]2(C#N)CC[C@@H](O)CC2)cc1F. The summed E-state index contributed by atoms with van der Waals surface area (Å²) in [5.41, 5.74) is 0.865. The van der Waals surface area contributed by atoms with Crippen molar-refractivity contribution in [1.29, 1.82) is 5.26 Å². The topological polar surface area (TPSA) is 81.4 Å². The lowest BCUT2D eigenvalue weighted by atomic mass is 9.69. The van der Waals surface area contributed by atoms with Gasteiger partial charge in [0.25, 0.3) is 0 Å². The fourth-order valence-electron chi connectivity index (χ4n) is 5.05. The number of benzene rings is 2. The van der Waals surface area contributed by atoms with Crippen LogP contribution in [-0.2, 0) is 22.0 Å². The van der Waals surface area contributed by atoms with Crippen LogP contribution in [0.3, 0.4) is 0 Å². The van der Waals surface area contributed by atoms with Crippen molar-refractivity contribution in [3.8, 4) is 6.07 Å². The van der Waals surface area contributed by atoms with Gasteiger partial charge < -0.3 is 5.11 Å². The van der Waals surface area contributed by atoms with Gasteiger partial charge in [-0.25, -0.2) is 12.8 Å². The second-order valence-corrected chi connectivity index (χ2v) is 11.2. The normalized spacial score (nSPS) is 30.5. The van der Waals surface area contributed by atoms with Gasteiger partial charge in [0.05, 0.1) is 17.6 Å². The second-order valence-electron chi connectivity index (χ2n) is 9.15. The summed E-state index contributed by atoms with van der Waals surface area (Å²) in [5.74, 6) is -0.493. The number of nitriles is 1. The van der Waals surface area contributed by atoms with Gasteiger partial charge in [-0.1, -0.05) is 42.5 Å². The fourth-order valence-corrected chi connectivity index (χ4v) is 7.24. The van der Waals surface area contributed by atoms with Crippen molar-refractivity contribution in [3.63, 3.8) is 0 Å². The predicted octanol–water partition coefficient (Wildman–Crippen LogP) is 4.58. The van der Waals surface area contributed by atoms with Crippen molar-refractivity contribution in [3.05, 3.63) is 71.0 Å². The lowest BCUT2D eigenvalue weighted by Crippen LogP contribution is -2.44. The highest BCUT2D eigenvalue weighted by atomic mass is 32.2. The maximum atomic E-state index is 15.2. The third kappa shape index (κ3) is 4.19. The van der Waals surface area contributed by atoms with Crippen LogP contribution in [0, 0.1) is 17.1 Å². The highest BCUT2D eigenvalue weighted by Gasteiger charge is 2.41. The first-order chi connectivity index (χ1) is 15.3. The molecule has 4 rings (SSSR count). The maximum absolute atomic E-state index is 15.2. The van der Waals surface area contributed by atoms with Crippen LogP contribution >= 0.6 is 0 Å². The predicted molar refractivity (Wildman–Crippen MR) is 121 cm³/mol. The van der Waals surface area contributed by atoms with Gasteiger partial charge in [-0.15, -0.1) is 0 Å². The van der Waals surface area contributed by atoms with Gasteiger partial charge in [0.2, 0.25) is 10.0 Å². The van der Waals surface area contributed by atoms with Gasteiger partial charge in [-0.05, 0) is 62.6 Å². The van der Waals surface area contributed by atoms with Gasteiger partial charge in [0.1, 0.15) is 11.1 Å². The first kappa shape index (κ1) is 22.9. The molecule has 7 heteroatoms. The Morgan fingerprint density at radius 2 is 1.81 bits per heavy atom. The molecule has 1 unspecified atom stereocenters. The van der Waals surface area contributed by atoms with E-state index in [0.717, 1.165) is 5.56 Å². The van der Waals surface area contributed by atoms with Crippen molar-refractivity contribution < 1.29 is 17.9 Å². The Bertz CT molecular complexity index is 1110. The smallest absolute Gasteiger partial charge is 0.221 e. The van der Waals surface area contributed by atoms with Crippen LogP contribution in [0.5, 0.6) is 0 Å². The molecule has 1 saturated heterocycles. The number of hydrogen-bond donors (Lipinski definition) is 1. The number of sulfonamides is 1. The number of aliphatic hydroxyl groups is 1. The zero-order valence-electron chi connectivity index (χ0n) is 18.2. The van der Waals surface area contributed by atoms with E-state index in [1.54, 1.807) is 12.1 Å². The lowest BCUT2D eigenvalue weighted by molar-refractivity contribution is 0.109. The van der Waals surface area contributed by atoms with E-state index in [1.165, 1.54) is 10.4 Å². The van der Waals surface area contributed by atoms with Crippen molar-refractivity contribution in [1.82, 2.24) is 4.31 Å². The first-order valence-electron chi connectivity index (χ1n) is 11.2. The zero-order valence-corrected chi connectivity index (χ0v) is 19.1. The van der Waals surface area contributed by atoms with Crippen LogP contribution < -0.4 is 0 Å². The van der Waals surface area contributed by atoms with Crippen molar-refractivity contribution in [2.24, 2.45) is 0 Å². The van der Waals surface area contributed by atoms with Gasteiger partial charge in [-0.2, -0.15) is 9.57 Å². The molecule has 1 aliphatic heterocycles. The molecule has 2 fully saturated rings. The monoisotopic (exact) mass is 456 g/mol. The first-order valence-corrected chi connectivity index (χ1v) is 12.7. The van der Waals surface area contributed by atoms with Crippen LogP contribution in [-0.4, -0.2) is 30.0 Å². The fraction of sp³-hybridized carbons (Fsp3) is 0.480. The molecule has 1 heterocycles. The molecular weight excluding hydrogens is 427 g/mol. The number of rotatable bonds is 4. The summed E-state index contributed by atoms with van der Waals surface area (Å²) in [6, 6.07) is 16.0. The summed E-state index contributed by atoms with van der Waals surface area (Å²) >= 11 is 0. The summed E-state index contributed by atoms with van der Waals surface area (Å²) in [6.07, 6.45) is 2.84. The number of halogens is 1. The molecule has 0 bridgehead atoms. The maximum Gasteiger partial charge on any atom is 0.221 e. The van der Waals surface area contributed by atoms with E-state index in [2.05, 4.69) is 6.07 Å². The molecule has 1 N–H and O–H groups in total. The Morgan fingerprint density at radius 1 is 1.12 bits per heavy atom. The van der Waals surface area contributed by atoms with Crippen LogP contribution in [0.4, 0.5) is 4.39 Å². The molecule has 0 radical (unpaired) electrons. The molecule has 0 spiro atoms. The molecule has 1 saturated carbocycles. The van der Waals surface area contributed by atoms with E-state index < -0.39 is 32.6 Å². The largest absolute Gasteiger partial charge is 0.393 e. The van der Waals surface area contributed by atoms with Crippen LogP contribution in [0.2, 0.25) is 0 Å². The molecule has 5 nitrogen and oxygen atoms in total. The molecule has 0 aromatic heterocycles. The Morgan fingerprint density at radius 3 is 2.44 bits per heavy atom. The third-order valence-electron chi connectivity index (χ3n) is 7.15. The molecule has 2 atom stereocenters. The number of nitrogens with zero attached hydrogens (tertiary/aromatic N) is 2. The number of hydrogen-bond acceptors (Lipinski definition) is 4. The summed E-state index contributed by atoms with van der Waals surface area (Å²) in [6.45, 7) is 1.83. The van der Waals surface area contributed by atoms with E-state index >= 15 is 4.39 Å². The molecule has 1 aliphatic carbocycles. The van der Waals surface area contributed by atoms with E-state index in [9.17, 15) is 18.8 Å². The van der Waals surface area contributed by atoms with Crippen molar-refractivity contribution in [2.75, 3.05) is 0 Å². The Labute approximate surface area is 189 Å². The highest BCUT2D eigenvalue weighted by molar-refractivity contribution is 7.89. The molecule has 32 heavy (non-hydrogen) atoms. The third-order valence-corrected chi connectivity index (χ3v) is 9.52. The minimum Gasteiger partial charge on any atom is -0.393 e. The number of aliphatic hydroxyl groups excluding tert-OH is 1. The Balaban J connectivity index is 1.60. The van der Waals surface area contributed by atoms with E-state index in [-0.39, 0.29) is 12.6 Å². The Kier molecular flexibility index (Phi) is 6.39. The molecule has 170 valence electrons. The average Bonchev–Trinajstić information content (AvgIpc) is 2.79. The average molecular weight is 457 g/mol. The second kappa shape index (κ2) is 8.93. The molecule has 2 aromatic rings. The van der Waals surface area contributed by atoms with Crippen molar-refractivity contribution >= 4 is 10.0 Å². The molecule has 2 aliphatic rings. The van der Waals surface area contributed by atoms with Crippen LogP contribution in [0.25, 0.3) is 0 Å². The molecule has 0 amide bonds. The summed E-state index contributed by atoms with van der Waals surface area (Å²) < 4.78 is 43.4. The summed E-state index contributed by atoms with van der Waals surface area (Å²) in [4.78, 5) is 0. The summed E-state index contributed by atoms with van der Waals surface area (Å²) in [7, 11) is -3.65. The molecule has 2 aromatic carbocycles. The zero-order chi connectivity index (χ0) is 22.9. The van der Waals surface area contributed by atoms with E-state index in [4.69, 9.17) is 0 Å². The minimum absolute atomic E-state index is 0.0305. The van der Waals surface area contributed by atoms with Crippen LogP contribution in [0.15, 0.2) is 48.5 Å². The van der Waals surface area contributed by atoms with Crippen LogP contribution in [0.1, 0.15) is 67.4 Å². The van der Waals surface area contributed by atoms with E-state index in [0.29, 0.717) is 49.7 Å². The van der Waals surface area contributed by atoms with Gasteiger partial charge in [0, 0.05) is 18.2 Å². The quantitative estimate of drug-likeness (QED) is 0.730. The van der Waals surface area contributed by atoms with Gasteiger partial charge in [0.15, 0.2) is 0 Å². The Hall–Kier alpha value is -2.27. The van der Waals surface area contributed by atoms with Gasteiger partial charge in [-0.3, -0.25) is 0 Å². The highest BCUT2D eigenvalue weighted by Crippen LogP contribution is 2.41. The molecular formula is C25H29FN2O3S. The van der Waals surface area contributed by atoms with Crippen molar-refractivity contribution in [2.45, 2.75) is 74.8 Å². The minimum atomic E-state index is -3.65. The van der Waals surface area contributed by atoms with Gasteiger partial charge >= 0.3 is 0 Å². The standard InChI is InChI=1S/C25H29FN2O3S/c1-18-7-10-24(19-5-3-2-4-6-19)32(30,31)28(18)16-20-8-9-21(15-23(20)26)25(17-27)13-11-22(29)12-14-25/h2-6,8-9,15,18,22,24,29H,7,10-14,16H2,1H3/t18-,22-,24?,25-/m0/s1. The lowest BCUT2D eigenvalue weighted by Gasteiger charge is -2.37.